The molecule has 0 radical (unpaired) electrons. The van der Waals surface area contributed by atoms with Crippen LogP contribution in [0.2, 0.25) is 0 Å². The Balaban J connectivity index is 2.57. The highest BCUT2D eigenvalue weighted by Gasteiger charge is 2.27. The Morgan fingerprint density at radius 1 is 1.38 bits per heavy atom. The normalized spacial score (nSPS) is 21.5. The van der Waals surface area contributed by atoms with Gasteiger partial charge in [0.2, 0.25) is 5.91 Å². The molecule has 1 fully saturated rings. The molecule has 0 saturated carbocycles. The molecular weight excluding hydrogens is 200 g/mol. The van der Waals surface area contributed by atoms with E-state index >= 15 is 0 Å². The van der Waals surface area contributed by atoms with Crippen LogP contribution in [0.15, 0.2) is 0 Å². The molecule has 3 heteroatoms. The first kappa shape index (κ1) is 13.5. The van der Waals surface area contributed by atoms with Gasteiger partial charge < -0.3 is 10.2 Å². The molecule has 1 aliphatic heterocycles. The smallest absolute Gasteiger partial charge is 0.226 e. The molecule has 3 nitrogen and oxygen atoms in total. The van der Waals surface area contributed by atoms with Gasteiger partial charge in [0.15, 0.2) is 0 Å². The molecule has 1 heterocycles. The van der Waals surface area contributed by atoms with Gasteiger partial charge in [0.05, 0.1) is 0 Å². The Hall–Kier alpha value is -0.570. The van der Waals surface area contributed by atoms with Crippen molar-refractivity contribution in [2.45, 2.75) is 52.5 Å². The van der Waals surface area contributed by atoms with Crippen LogP contribution in [-0.4, -0.2) is 36.5 Å². The lowest BCUT2D eigenvalue weighted by atomic mass is 9.95. The number of hydrogen-bond donors (Lipinski definition) is 1. The Kier molecular flexibility index (Phi) is 5.81. The third-order valence-corrected chi connectivity index (χ3v) is 3.41. The van der Waals surface area contributed by atoms with Crippen LogP contribution in [-0.2, 0) is 4.79 Å². The Labute approximate surface area is 99.6 Å². The number of amides is 1. The Morgan fingerprint density at radius 3 is 2.50 bits per heavy atom. The zero-order valence-corrected chi connectivity index (χ0v) is 11.0. The predicted octanol–water partition coefficient (Wildman–Crippen LogP) is 2.02. The van der Waals surface area contributed by atoms with Crippen molar-refractivity contribution in [3.63, 3.8) is 0 Å². The van der Waals surface area contributed by atoms with E-state index in [1.54, 1.807) is 0 Å². The van der Waals surface area contributed by atoms with Gasteiger partial charge in [-0.15, -0.1) is 0 Å². The van der Waals surface area contributed by atoms with Gasteiger partial charge in [-0.3, -0.25) is 4.79 Å². The maximum atomic E-state index is 12.4. The van der Waals surface area contributed by atoms with Crippen molar-refractivity contribution >= 4 is 5.91 Å². The van der Waals surface area contributed by atoms with Crippen LogP contribution in [0.5, 0.6) is 0 Å². The average Bonchev–Trinajstić information content (AvgIpc) is 2.28. The summed E-state index contributed by atoms with van der Waals surface area (Å²) in [6.45, 7) is 9.23. The van der Waals surface area contributed by atoms with Gasteiger partial charge in [0.1, 0.15) is 0 Å². The maximum Gasteiger partial charge on any atom is 0.226 e. The lowest BCUT2D eigenvalue weighted by Gasteiger charge is -2.36. The number of rotatable bonds is 5. The largest absolute Gasteiger partial charge is 0.337 e. The van der Waals surface area contributed by atoms with E-state index in [1.807, 2.05) is 0 Å². The summed E-state index contributed by atoms with van der Waals surface area (Å²) in [6, 6.07) is 0.359. The molecule has 1 atom stereocenters. The Bertz CT molecular complexity index is 212. The van der Waals surface area contributed by atoms with Crippen molar-refractivity contribution in [1.29, 1.82) is 0 Å². The fourth-order valence-electron chi connectivity index (χ4n) is 2.49. The van der Waals surface area contributed by atoms with E-state index < -0.39 is 0 Å². The SMILES string of the molecule is CCCC(CCC)C(=O)N1CCNC[C@@H]1C. The summed E-state index contributed by atoms with van der Waals surface area (Å²) in [4.78, 5) is 14.5. The topological polar surface area (TPSA) is 32.3 Å². The molecule has 1 amide bonds. The van der Waals surface area contributed by atoms with Crippen LogP contribution in [0.3, 0.4) is 0 Å². The van der Waals surface area contributed by atoms with E-state index in [0.29, 0.717) is 11.9 Å². The monoisotopic (exact) mass is 226 g/mol. The van der Waals surface area contributed by atoms with Gasteiger partial charge in [-0.2, -0.15) is 0 Å². The van der Waals surface area contributed by atoms with E-state index in [-0.39, 0.29) is 5.92 Å². The van der Waals surface area contributed by atoms with Crippen molar-refractivity contribution in [3.8, 4) is 0 Å². The molecule has 16 heavy (non-hydrogen) atoms. The quantitative estimate of drug-likeness (QED) is 0.778. The highest BCUT2D eigenvalue weighted by atomic mass is 16.2. The molecule has 1 aliphatic rings. The third-order valence-electron chi connectivity index (χ3n) is 3.41. The molecule has 1 N–H and O–H groups in total. The highest BCUT2D eigenvalue weighted by Crippen LogP contribution is 2.18. The molecule has 1 rings (SSSR count). The molecular formula is C13H26N2O. The first-order chi connectivity index (χ1) is 7.70. The molecule has 0 aromatic rings. The summed E-state index contributed by atoms with van der Waals surface area (Å²) >= 11 is 0. The number of carbonyl (C=O) groups excluding carboxylic acids is 1. The molecule has 1 saturated heterocycles. The van der Waals surface area contributed by atoms with E-state index in [0.717, 1.165) is 45.3 Å². The zero-order valence-electron chi connectivity index (χ0n) is 11.0. The molecule has 94 valence electrons. The lowest BCUT2D eigenvalue weighted by Crippen LogP contribution is -2.53. The molecule has 0 bridgehead atoms. The van der Waals surface area contributed by atoms with E-state index in [2.05, 4.69) is 31.0 Å². The van der Waals surface area contributed by atoms with Gasteiger partial charge in [0.25, 0.3) is 0 Å². The fourth-order valence-corrected chi connectivity index (χ4v) is 2.49. The molecule has 0 aromatic carbocycles. The number of nitrogens with zero attached hydrogens (tertiary/aromatic N) is 1. The Morgan fingerprint density at radius 2 is 2.00 bits per heavy atom. The number of nitrogens with one attached hydrogen (secondary N) is 1. The number of hydrogen-bond acceptors (Lipinski definition) is 2. The van der Waals surface area contributed by atoms with Gasteiger partial charge in [-0.1, -0.05) is 26.7 Å². The minimum absolute atomic E-state index is 0.260. The maximum absolute atomic E-state index is 12.4. The summed E-state index contributed by atoms with van der Waals surface area (Å²) in [5.41, 5.74) is 0. The summed E-state index contributed by atoms with van der Waals surface area (Å²) in [5.74, 6) is 0.647. The fraction of sp³-hybridized carbons (Fsp3) is 0.923. The van der Waals surface area contributed by atoms with Gasteiger partial charge in [0, 0.05) is 31.6 Å². The van der Waals surface area contributed by atoms with Crippen LogP contribution >= 0.6 is 0 Å². The van der Waals surface area contributed by atoms with Crippen LogP contribution < -0.4 is 5.32 Å². The highest BCUT2D eigenvalue weighted by molar-refractivity contribution is 5.79. The van der Waals surface area contributed by atoms with E-state index in [1.165, 1.54) is 0 Å². The standard InChI is InChI=1S/C13H26N2O/c1-4-6-12(7-5-2)13(16)15-9-8-14-10-11(15)3/h11-12,14H,4-10H2,1-3H3/t11-/m0/s1. The van der Waals surface area contributed by atoms with E-state index in [4.69, 9.17) is 0 Å². The van der Waals surface area contributed by atoms with Gasteiger partial charge in [-0.25, -0.2) is 0 Å². The van der Waals surface area contributed by atoms with Gasteiger partial charge in [-0.05, 0) is 19.8 Å². The van der Waals surface area contributed by atoms with Crippen molar-refractivity contribution in [2.24, 2.45) is 5.92 Å². The second-order valence-electron chi connectivity index (χ2n) is 4.86. The first-order valence-electron chi connectivity index (χ1n) is 6.71. The zero-order chi connectivity index (χ0) is 12.0. The minimum Gasteiger partial charge on any atom is -0.337 e. The minimum atomic E-state index is 0.260. The lowest BCUT2D eigenvalue weighted by molar-refractivity contribution is -0.138. The van der Waals surface area contributed by atoms with Crippen LogP contribution in [0.1, 0.15) is 46.5 Å². The van der Waals surface area contributed by atoms with Crippen LogP contribution in [0, 0.1) is 5.92 Å². The van der Waals surface area contributed by atoms with E-state index in [9.17, 15) is 4.79 Å². The van der Waals surface area contributed by atoms with Crippen molar-refractivity contribution in [1.82, 2.24) is 10.2 Å². The number of carbonyl (C=O) groups is 1. The summed E-state index contributed by atoms with van der Waals surface area (Å²) < 4.78 is 0. The van der Waals surface area contributed by atoms with Gasteiger partial charge >= 0.3 is 0 Å². The predicted molar refractivity (Wildman–Crippen MR) is 67.4 cm³/mol. The molecule has 0 unspecified atom stereocenters. The summed E-state index contributed by atoms with van der Waals surface area (Å²) in [5, 5.41) is 3.33. The summed E-state index contributed by atoms with van der Waals surface area (Å²) in [7, 11) is 0. The summed E-state index contributed by atoms with van der Waals surface area (Å²) in [6.07, 6.45) is 4.31. The van der Waals surface area contributed by atoms with Crippen molar-refractivity contribution in [2.75, 3.05) is 19.6 Å². The average molecular weight is 226 g/mol. The third kappa shape index (κ3) is 3.48. The van der Waals surface area contributed by atoms with Crippen LogP contribution in [0.4, 0.5) is 0 Å². The van der Waals surface area contributed by atoms with Crippen LogP contribution in [0.25, 0.3) is 0 Å². The van der Waals surface area contributed by atoms with Crippen molar-refractivity contribution < 1.29 is 4.79 Å². The molecule has 0 aliphatic carbocycles. The second-order valence-corrected chi connectivity index (χ2v) is 4.86. The molecule has 0 spiro atoms. The number of piperazine rings is 1. The molecule has 0 aromatic heterocycles. The first-order valence-corrected chi connectivity index (χ1v) is 6.71. The second kappa shape index (κ2) is 6.89. The van der Waals surface area contributed by atoms with Crippen molar-refractivity contribution in [3.05, 3.63) is 0 Å².